The van der Waals surface area contributed by atoms with Crippen LogP contribution in [0.4, 0.5) is 0 Å². The van der Waals surface area contributed by atoms with E-state index in [-0.39, 0.29) is 17.6 Å². The van der Waals surface area contributed by atoms with E-state index in [1.165, 1.54) is 57.8 Å². The molecule has 0 unspecified atom stereocenters. The monoisotopic (exact) mass is 311 g/mol. The second-order valence-corrected chi connectivity index (χ2v) is 7.79. The van der Waals surface area contributed by atoms with Crippen LogP contribution >= 0.6 is 0 Å². The summed E-state index contributed by atoms with van der Waals surface area (Å²) < 4.78 is 5.46. The summed E-state index contributed by atoms with van der Waals surface area (Å²) in [4.78, 5) is 12.0. The molecule has 0 spiro atoms. The molecule has 2 atom stereocenters. The molecule has 0 bridgehead atoms. The first-order chi connectivity index (χ1) is 10.4. The largest absolute Gasteiger partial charge is 0.459 e. The van der Waals surface area contributed by atoms with E-state index in [1.54, 1.807) is 0 Å². The van der Waals surface area contributed by atoms with Gasteiger partial charge in [-0.15, -0.1) is 0 Å². The van der Waals surface area contributed by atoms with Crippen molar-refractivity contribution in [2.75, 3.05) is 0 Å². The van der Waals surface area contributed by atoms with Gasteiger partial charge in [-0.05, 0) is 40.0 Å². The van der Waals surface area contributed by atoms with Crippen LogP contribution in [0.15, 0.2) is 0 Å². The van der Waals surface area contributed by atoms with Gasteiger partial charge in [0.05, 0.1) is 0 Å². The number of nitrogens with one attached hydrogen (secondary N) is 1. The van der Waals surface area contributed by atoms with Crippen LogP contribution in [0.1, 0.15) is 98.3 Å². The van der Waals surface area contributed by atoms with Gasteiger partial charge in [-0.3, -0.25) is 4.79 Å². The van der Waals surface area contributed by atoms with Crippen LogP contribution < -0.4 is 5.32 Å². The Morgan fingerprint density at radius 2 is 1.59 bits per heavy atom. The second kappa shape index (κ2) is 10.3. The summed E-state index contributed by atoms with van der Waals surface area (Å²) in [7, 11) is 0. The van der Waals surface area contributed by atoms with Gasteiger partial charge in [-0.25, -0.2) is 0 Å². The molecule has 1 N–H and O–H groups in total. The van der Waals surface area contributed by atoms with Crippen LogP contribution in [0, 0.1) is 0 Å². The van der Waals surface area contributed by atoms with Crippen LogP contribution in [0.5, 0.6) is 0 Å². The van der Waals surface area contributed by atoms with E-state index in [1.807, 2.05) is 20.8 Å². The minimum atomic E-state index is -0.380. The average Bonchev–Trinajstić information content (AvgIpc) is 2.89. The molecule has 0 aromatic rings. The zero-order valence-corrected chi connectivity index (χ0v) is 15.2. The minimum absolute atomic E-state index is 0.0778. The Labute approximate surface area is 137 Å². The molecule has 130 valence electrons. The van der Waals surface area contributed by atoms with E-state index in [4.69, 9.17) is 4.74 Å². The maximum Gasteiger partial charge on any atom is 0.323 e. The van der Waals surface area contributed by atoms with Crippen LogP contribution in [0.25, 0.3) is 0 Å². The predicted octanol–water partition coefficient (Wildman–Crippen LogP) is 4.98. The molecule has 1 aliphatic heterocycles. The van der Waals surface area contributed by atoms with Gasteiger partial charge < -0.3 is 10.1 Å². The highest BCUT2D eigenvalue weighted by Crippen LogP contribution is 2.21. The lowest BCUT2D eigenvalue weighted by atomic mass is 10.0. The van der Waals surface area contributed by atoms with Crippen molar-refractivity contribution in [2.24, 2.45) is 0 Å². The molecule has 1 heterocycles. The summed E-state index contributed by atoms with van der Waals surface area (Å²) in [6, 6.07) is 0.427. The molecule has 0 radical (unpaired) electrons. The number of rotatable bonds is 10. The van der Waals surface area contributed by atoms with Crippen molar-refractivity contribution in [3.05, 3.63) is 0 Å². The fourth-order valence-electron chi connectivity index (χ4n) is 3.13. The zero-order valence-electron chi connectivity index (χ0n) is 15.2. The molecule has 0 saturated carbocycles. The Balaban J connectivity index is 2.03. The third-order valence-electron chi connectivity index (χ3n) is 4.34. The van der Waals surface area contributed by atoms with Gasteiger partial charge in [0.1, 0.15) is 11.6 Å². The highest BCUT2D eigenvalue weighted by molar-refractivity contribution is 5.76. The summed E-state index contributed by atoms with van der Waals surface area (Å²) >= 11 is 0. The lowest BCUT2D eigenvalue weighted by Crippen LogP contribution is -2.39. The lowest BCUT2D eigenvalue weighted by Gasteiger charge is -2.22. The van der Waals surface area contributed by atoms with E-state index in [9.17, 15) is 4.79 Å². The van der Waals surface area contributed by atoms with Gasteiger partial charge in [-0.2, -0.15) is 0 Å². The fourth-order valence-corrected chi connectivity index (χ4v) is 3.13. The zero-order chi connectivity index (χ0) is 16.4. The molecule has 0 amide bonds. The number of carbonyl (C=O) groups excluding carboxylic acids is 1. The number of unbranched alkanes of at least 4 members (excludes halogenated alkanes) is 7. The highest BCUT2D eigenvalue weighted by Gasteiger charge is 2.31. The van der Waals surface area contributed by atoms with Crippen molar-refractivity contribution in [3.63, 3.8) is 0 Å². The molecule has 1 saturated heterocycles. The van der Waals surface area contributed by atoms with Crippen molar-refractivity contribution >= 4 is 5.97 Å². The third-order valence-corrected chi connectivity index (χ3v) is 4.34. The van der Waals surface area contributed by atoms with Gasteiger partial charge in [-0.1, -0.05) is 58.3 Å². The Bertz CT molecular complexity index is 309. The molecular weight excluding hydrogens is 274 g/mol. The maximum absolute atomic E-state index is 12.0. The van der Waals surface area contributed by atoms with Crippen LogP contribution in [0.2, 0.25) is 0 Å². The van der Waals surface area contributed by atoms with Gasteiger partial charge in [0.25, 0.3) is 0 Å². The molecule has 0 aliphatic carbocycles. The van der Waals surface area contributed by atoms with Crippen LogP contribution in [0.3, 0.4) is 0 Å². The summed E-state index contributed by atoms with van der Waals surface area (Å²) in [6.45, 7) is 8.05. The Morgan fingerprint density at radius 1 is 1.00 bits per heavy atom. The van der Waals surface area contributed by atoms with Gasteiger partial charge >= 0.3 is 5.97 Å². The lowest BCUT2D eigenvalue weighted by molar-refractivity contribution is -0.157. The van der Waals surface area contributed by atoms with E-state index < -0.39 is 0 Å². The minimum Gasteiger partial charge on any atom is -0.459 e. The number of hydrogen-bond acceptors (Lipinski definition) is 3. The summed E-state index contributed by atoms with van der Waals surface area (Å²) in [5, 5.41) is 3.46. The smallest absolute Gasteiger partial charge is 0.323 e. The Kier molecular flexibility index (Phi) is 9.08. The van der Waals surface area contributed by atoms with Crippen molar-refractivity contribution in [1.29, 1.82) is 0 Å². The topological polar surface area (TPSA) is 38.3 Å². The van der Waals surface area contributed by atoms with E-state index in [0.717, 1.165) is 12.8 Å². The van der Waals surface area contributed by atoms with E-state index >= 15 is 0 Å². The second-order valence-electron chi connectivity index (χ2n) is 7.79. The average molecular weight is 312 g/mol. The first-order valence-electron chi connectivity index (χ1n) is 9.41. The quantitative estimate of drug-likeness (QED) is 0.457. The molecular formula is C19H37NO2. The normalized spacial score (nSPS) is 22.0. The predicted molar refractivity (Wildman–Crippen MR) is 93.0 cm³/mol. The number of hydrogen-bond donors (Lipinski definition) is 1. The molecule has 3 nitrogen and oxygen atoms in total. The van der Waals surface area contributed by atoms with Gasteiger partial charge in [0.2, 0.25) is 0 Å². The molecule has 1 fully saturated rings. The number of carbonyl (C=O) groups is 1. The third kappa shape index (κ3) is 8.77. The number of ether oxygens (including phenoxy) is 1. The van der Waals surface area contributed by atoms with Crippen LogP contribution in [-0.4, -0.2) is 23.7 Å². The number of esters is 1. The first-order valence-corrected chi connectivity index (χ1v) is 9.41. The highest BCUT2D eigenvalue weighted by atomic mass is 16.6. The van der Waals surface area contributed by atoms with Crippen molar-refractivity contribution in [1.82, 2.24) is 5.32 Å². The molecule has 0 aromatic heterocycles. The van der Waals surface area contributed by atoms with E-state index in [2.05, 4.69) is 12.2 Å². The van der Waals surface area contributed by atoms with Crippen molar-refractivity contribution < 1.29 is 9.53 Å². The maximum atomic E-state index is 12.0. The Morgan fingerprint density at radius 3 is 2.18 bits per heavy atom. The van der Waals surface area contributed by atoms with Crippen molar-refractivity contribution in [2.45, 2.75) is 116 Å². The molecule has 22 heavy (non-hydrogen) atoms. The summed E-state index contributed by atoms with van der Waals surface area (Å²) in [5.74, 6) is -0.0778. The fraction of sp³-hybridized carbons (Fsp3) is 0.947. The first kappa shape index (κ1) is 19.5. The summed E-state index contributed by atoms with van der Waals surface area (Å²) in [5.41, 5.74) is -0.380. The van der Waals surface area contributed by atoms with Gasteiger partial charge in [0.15, 0.2) is 0 Å². The van der Waals surface area contributed by atoms with Gasteiger partial charge in [0, 0.05) is 6.04 Å². The van der Waals surface area contributed by atoms with E-state index in [0.29, 0.717) is 6.04 Å². The molecule has 1 rings (SSSR count). The van der Waals surface area contributed by atoms with Crippen LogP contribution in [-0.2, 0) is 9.53 Å². The SMILES string of the molecule is CCCCCCCCCC[C@H]1CC[C@@H](C(=O)OC(C)(C)C)N1. The standard InChI is InChI=1S/C19H37NO2/c1-5-6-7-8-9-10-11-12-13-16-14-15-17(20-16)18(21)22-19(2,3)4/h16-17,20H,5-15H2,1-4H3/t16-,17-/m0/s1. The summed E-state index contributed by atoms with van der Waals surface area (Å²) in [6.07, 6.45) is 14.1. The molecule has 0 aromatic carbocycles. The molecule has 3 heteroatoms. The molecule has 1 aliphatic rings. The van der Waals surface area contributed by atoms with Crippen molar-refractivity contribution in [3.8, 4) is 0 Å². The Hall–Kier alpha value is -0.570.